The number of hydrogen-bond acceptors (Lipinski definition) is 5. The van der Waals surface area contributed by atoms with Gasteiger partial charge >= 0.3 is 17.9 Å². The molecule has 2 rings (SSSR count). The van der Waals surface area contributed by atoms with Crippen molar-refractivity contribution < 1.29 is 29.0 Å². The molecule has 1 fully saturated rings. The second-order valence-electron chi connectivity index (χ2n) is 7.82. The summed E-state index contributed by atoms with van der Waals surface area (Å²) in [6, 6.07) is 9.41. The highest BCUT2D eigenvalue weighted by molar-refractivity contribution is 5.82. The van der Waals surface area contributed by atoms with E-state index in [1.165, 1.54) is 0 Å². The van der Waals surface area contributed by atoms with Crippen LogP contribution in [0.5, 0.6) is 0 Å². The van der Waals surface area contributed by atoms with E-state index in [0.717, 1.165) is 31.2 Å². The highest BCUT2D eigenvalue weighted by Crippen LogP contribution is 2.33. The molecule has 29 heavy (non-hydrogen) atoms. The minimum Gasteiger partial charge on any atom is -0.481 e. The molecule has 1 aromatic carbocycles. The lowest BCUT2D eigenvalue weighted by atomic mass is 9.79. The van der Waals surface area contributed by atoms with Gasteiger partial charge in [0.15, 0.2) is 0 Å². The molecule has 160 valence electrons. The minimum absolute atomic E-state index is 0.173. The number of carboxylic acids is 1. The summed E-state index contributed by atoms with van der Waals surface area (Å²) in [4.78, 5) is 36.9. The molecule has 1 aliphatic rings. The van der Waals surface area contributed by atoms with Gasteiger partial charge in [-0.15, -0.1) is 0 Å². The Morgan fingerprint density at radius 3 is 2.28 bits per heavy atom. The van der Waals surface area contributed by atoms with Gasteiger partial charge in [-0.1, -0.05) is 62.9 Å². The average molecular weight is 405 g/mol. The zero-order chi connectivity index (χ0) is 21.2. The number of carboxylic acid groups (broad SMARTS) is 1. The van der Waals surface area contributed by atoms with Gasteiger partial charge < -0.3 is 14.6 Å². The van der Waals surface area contributed by atoms with Crippen LogP contribution >= 0.6 is 0 Å². The van der Waals surface area contributed by atoms with Crippen LogP contribution in [-0.2, 0) is 30.5 Å². The largest absolute Gasteiger partial charge is 0.481 e. The van der Waals surface area contributed by atoms with Gasteiger partial charge in [-0.05, 0) is 31.7 Å². The number of unbranched alkanes of at least 4 members (excludes halogenated alkanes) is 1. The van der Waals surface area contributed by atoms with Crippen molar-refractivity contribution in [1.82, 2.24) is 0 Å². The van der Waals surface area contributed by atoms with Gasteiger partial charge in [0.25, 0.3) is 0 Å². The maximum absolute atomic E-state index is 12.8. The van der Waals surface area contributed by atoms with Crippen molar-refractivity contribution in [2.75, 3.05) is 0 Å². The van der Waals surface area contributed by atoms with Gasteiger partial charge in [-0.2, -0.15) is 0 Å². The van der Waals surface area contributed by atoms with Crippen LogP contribution in [0.2, 0.25) is 0 Å². The van der Waals surface area contributed by atoms with E-state index in [-0.39, 0.29) is 12.6 Å². The van der Waals surface area contributed by atoms with Crippen molar-refractivity contribution in [3.8, 4) is 0 Å². The van der Waals surface area contributed by atoms with E-state index < -0.39 is 35.8 Å². The fourth-order valence-electron chi connectivity index (χ4n) is 3.87. The van der Waals surface area contributed by atoms with Crippen LogP contribution < -0.4 is 0 Å². The zero-order valence-electron chi connectivity index (χ0n) is 17.3. The molecule has 0 aromatic heterocycles. The Balaban J connectivity index is 1.97. The van der Waals surface area contributed by atoms with Gasteiger partial charge in [0.2, 0.25) is 0 Å². The number of esters is 2. The molecule has 0 saturated heterocycles. The summed E-state index contributed by atoms with van der Waals surface area (Å²) in [7, 11) is 0. The first kappa shape index (κ1) is 22.9. The third-order valence-corrected chi connectivity index (χ3v) is 5.65. The molecule has 0 amide bonds. The number of benzene rings is 1. The molecule has 1 aromatic rings. The first-order valence-electron chi connectivity index (χ1n) is 10.6. The van der Waals surface area contributed by atoms with Crippen LogP contribution in [0, 0.1) is 17.8 Å². The Morgan fingerprint density at radius 1 is 1.07 bits per heavy atom. The Hall–Kier alpha value is -2.37. The van der Waals surface area contributed by atoms with Crippen molar-refractivity contribution in [3.63, 3.8) is 0 Å². The maximum Gasteiger partial charge on any atom is 0.310 e. The molecule has 4 unspecified atom stereocenters. The summed E-state index contributed by atoms with van der Waals surface area (Å²) in [5.74, 6) is -3.67. The highest BCUT2D eigenvalue weighted by atomic mass is 16.5. The van der Waals surface area contributed by atoms with E-state index >= 15 is 0 Å². The van der Waals surface area contributed by atoms with E-state index in [2.05, 4.69) is 0 Å². The average Bonchev–Trinajstić information content (AvgIpc) is 2.72. The first-order valence-corrected chi connectivity index (χ1v) is 10.6. The molecule has 6 heteroatoms. The second kappa shape index (κ2) is 11.6. The van der Waals surface area contributed by atoms with Gasteiger partial charge in [-0.3, -0.25) is 14.4 Å². The molecule has 4 atom stereocenters. The third kappa shape index (κ3) is 6.87. The number of hydrogen-bond donors (Lipinski definition) is 1. The third-order valence-electron chi connectivity index (χ3n) is 5.65. The summed E-state index contributed by atoms with van der Waals surface area (Å²) in [5, 5.41) is 9.45. The van der Waals surface area contributed by atoms with Gasteiger partial charge in [-0.25, -0.2) is 0 Å². The lowest BCUT2D eigenvalue weighted by Crippen LogP contribution is -2.38. The van der Waals surface area contributed by atoms with Crippen molar-refractivity contribution in [3.05, 3.63) is 35.9 Å². The van der Waals surface area contributed by atoms with Crippen molar-refractivity contribution in [2.24, 2.45) is 17.8 Å². The molecule has 0 radical (unpaired) electrons. The summed E-state index contributed by atoms with van der Waals surface area (Å²) < 4.78 is 11.0. The van der Waals surface area contributed by atoms with Gasteiger partial charge in [0.1, 0.15) is 12.7 Å². The van der Waals surface area contributed by atoms with E-state index in [4.69, 9.17) is 9.47 Å². The number of ether oxygens (including phenoxy) is 2. The molecule has 1 saturated carbocycles. The van der Waals surface area contributed by atoms with Crippen LogP contribution in [0.25, 0.3) is 0 Å². The number of carbonyl (C=O) groups excluding carboxylic acids is 2. The topological polar surface area (TPSA) is 89.9 Å². The molecule has 1 aliphatic carbocycles. The lowest BCUT2D eigenvalue weighted by Gasteiger charge is -2.30. The van der Waals surface area contributed by atoms with Crippen LogP contribution in [-0.4, -0.2) is 29.1 Å². The van der Waals surface area contributed by atoms with Crippen molar-refractivity contribution >= 4 is 17.9 Å². The quantitative estimate of drug-likeness (QED) is 0.583. The van der Waals surface area contributed by atoms with Crippen LogP contribution in [0.4, 0.5) is 0 Å². The maximum atomic E-state index is 12.8. The number of carbonyl (C=O) groups is 3. The highest BCUT2D eigenvalue weighted by Gasteiger charge is 2.39. The fraction of sp³-hybridized carbons (Fsp3) is 0.609. The molecule has 1 N–H and O–H groups in total. The number of rotatable bonds is 10. The Labute approximate surface area is 172 Å². The monoisotopic (exact) mass is 404 g/mol. The van der Waals surface area contributed by atoms with Crippen molar-refractivity contribution in [2.45, 2.75) is 71.5 Å². The molecule has 0 aliphatic heterocycles. The molecule has 0 bridgehead atoms. The van der Waals surface area contributed by atoms with E-state index in [1.54, 1.807) is 6.92 Å². The normalized spacial score (nSPS) is 21.0. The molecular formula is C23H32O6. The Bertz CT molecular complexity index is 671. The fourth-order valence-corrected chi connectivity index (χ4v) is 3.87. The Kier molecular flexibility index (Phi) is 9.16. The molecule has 0 spiro atoms. The minimum atomic E-state index is -0.957. The number of aliphatic carboxylic acids is 1. The predicted molar refractivity (Wildman–Crippen MR) is 108 cm³/mol. The summed E-state index contributed by atoms with van der Waals surface area (Å²) in [6.45, 7) is 3.79. The van der Waals surface area contributed by atoms with Crippen LogP contribution in [0.1, 0.15) is 64.4 Å². The standard InChI is InChI=1S/C23H32O6/c1-3-4-12-18(21(24)25)16(2)29-23(27)20-14-9-8-13-19(20)22(26)28-15-17-10-6-5-7-11-17/h5-7,10-11,16,18-20H,3-4,8-9,12-15H2,1-2H3,(H,24,25). The van der Waals surface area contributed by atoms with Crippen molar-refractivity contribution in [1.29, 1.82) is 0 Å². The van der Waals surface area contributed by atoms with Crippen LogP contribution in [0.15, 0.2) is 30.3 Å². The molecule has 6 nitrogen and oxygen atoms in total. The van der Waals surface area contributed by atoms with Gasteiger partial charge in [0.05, 0.1) is 17.8 Å². The van der Waals surface area contributed by atoms with Crippen LogP contribution in [0.3, 0.4) is 0 Å². The van der Waals surface area contributed by atoms with E-state index in [9.17, 15) is 19.5 Å². The first-order chi connectivity index (χ1) is 13.9. The van der Waals surface area contributed by atoms with E-state index in [1.807, 2.05) is 37.3 Å². The zero-order valence-corrected chi connectivity index (χ0v) is 17.3. The molecule has 0 heterocycles. The second-order valence-corrected chi connectivity index (χ2v) is 7.82. The summed E-state index contributed by atoms with van der Waals surface area (Å²) in [5.41, 5.74) is 0.893. The smallest absolute Gasteiger partial charge is 0.310 e. The predicted octanol–water partition coefficient (Wildman–Crippen LogP) is 4.36. The van der Waals surface area contributed by atoms with E-state index in [0.29, 0.717) is 19.3 Å². The molecular weight excluding hydrogens is 372 g/mol. The summed E-state index contributed by atoms with van der Waals surface area (Å²) >= 11 is 0. The summed E-state index contributed by atoms with van der Waals surface area (Å²) in [6.07, 6.45) is 4.22. The SMILES string of the molecule is CCCCC(C(=O)O)C(C)OC(=O)C1CCCCC1C(=O)OCc1ccccc1. The Morgan fingerprint density at radius 2 is 1.69 bits per heavy atom. The lowest BCUT2D eigenvalue weighted by molar-refractivity contribution is -0.170. The van der Waals surface area contributed by atoms with Gasteiger partial charge in [0, 0.05) is 0 Å².